The maximum atomic E-state index is 12.1. The van der Waals surface area contributed by atoms with Gasteiger partial charge < -0.3 is 25.6 Å². The largest absolute Gasteiger partial charge is 0.492 e. The molecule has 1 saturated heterocycles. The Labute approximate surface area is 160 Å². The summed E-state index contributed by atoms with van der Waals surface area (Å²) in [7, 11) is 0. The van der Waals surface area contributed by atoms with Crippen molar-refractivity contribution >= 4 is 23.5 Å². The van der Waals surface area contributed by atoms with Gasteiger partial charge in [0.25, 0.3) is 0 Å². The Kier molecular flexibility index (Phi) is 8.41. The molecule has 2 rings (SSSR count). The third-order valence-corrected chi connectivity index (χ3v) is 3.99. The summed E-state index contributed by atoms with van der Waals surface area (Å²) in [5.74, 6) is 1.22. The number of hydrogen-bond donors (Lipinski definition) is 3. The van der Waals surface area contributed by atoms with Crippen LogP contribution < -0.4 is 20.7 Å². The van der Waals surface area contributed by atoms with Gasteiger partial charge in [-0.2, -0.15) is 0 Å². The predicted octanol–water partition coefficient (Wildman–Crippen LogP) is 1.20. The zero-order chi connectivity index (χ0) is 19.5. The van der Waals surface area contributed by atoms with Crippen LogP contribution in [-0.2, 0) is 9.59 Å². The molecule has 1 aliphatic rings. The lowest BCUT2D eigenvalue weighted by atomic mass is 10.3. The van der Waals surface area contributed by atoms with Crippen LogP contribution >= 0.6 is 0 Å². The van der Waals surface area contributed by atoms with Crippen LogP contribution in [0.1, 0.15) is 26.7 Å². The first-order chi connectivity index (χ1) is 13.1. The Morgan fingerprint density at radius 3 is 2.70 bits per heavy atom. The molecule has 0 bridgehead atoms. The molecule has 8 heteroatoms. The third kappa shape index (κ3) is 7.55. The van der Waals surface area contributed by atoms with Crippen LogP contribution in [0.2, 0.25) is 0 Å². The van der Waals surface area contributed by atoms with E-state index in [0.717, 1.165) is 25.9 Å². The minimum Gasteiger partial charge on any atom is -0.492 e. The number of amides is 2. The smallest absolute Gasteiger partial charge is 0.244 e. The zero-order valence-corrected chi connectivity index (χ0v) is 16.1. The van der Waals surface area contributed by atoms with Gasteiger partial charge in [-0.1, -0.05) is 6.07 Å². The minimum atomic E-state index is -0.121. The van der Waals surface area contributed by atoms with Crippen LogP contribution in [0.15, 0.2) is 29.3 Å². The van der Waals surface area contributed by atoms with E-state index in [0.29, 0.717) is 37.1 Å². The summed E-state index contributed by atoms with van der Waals surface area (Å²) in [4.78, 5) is 29.4. The van der Waals surface area contributed by atoms with Crippen molar-refractivity contribution in [2.45, 2.75) is 26.7 Å². The van der Waals surface area contributed by atoms with Gasteiger partial charge in [-0.15, -0.1) is 0 Å². The van der Waals surface area contributed by atoms with Gasteiger partial charge >= 0.3 is 0 Å². The minimum absolute atomic E-state index is 0.0655. The maximum absolute atomic E-state index is 12.1. The van der Waals surface area contributed by atoms with E-state index in [1.54, 1.807) is 12.1 Å². The lowest BCUT2D eigenvalue weighted by Gasteiger charge is -2.15. The monoisotopic (exact) mass is 375 g/mol. The molecule has 1 aliphatic heterocycles. The van der Waals surface area contributed by atoms with E-state index in [9.17, 15) is 9.59 Å². The van der Waals surface area contributed by atoms with E-state index in [4.69, 9.17) is 4.74 Å². The van der Waals surface area contributed by atoms with Crippen molar-refractivity contribution in [3.63, 3.8) is 0 Å². The Morgan fingerprint density at radius 2 is 2.00 bits per heavy atom. The standard InChI is InChI=1S/C19H29N5O3/c1-3-20-19(22-14-18(26)24-10-4-5-11-24)21-9-12-27-17-8-6-7-16(13-17)23-15(2)25/h6-8,13H,3-5,9-12,14H2,1-2H3,(H,23,25)(H2,20,21,22). The number of hydrogen-bond acceptors (Lipinski definition) is 4. The highest BCUT2D eigenvalue weighted by atomic mass is 16.5. The summed E-state index contributed by atoms with van der Waals surface area (Å²) < 4.78 is 5.69. The van der Waals surface area contributed by atoms with E-state index < -0.39 is 0 Å². The molecule has 1 aromatic carbocycles. The zero-order valence-electron chi connectivity index (χ0n) is 16.1. The molecular weight excluding hydrogens is 346 g/mol. The molecule has 148 valence electrons. The number of carbonyl (C=O) groups excluding carboxylic acids is 2. The first kappa shape index (κ1) is 20.5. The topological polar surface area (TPSA) is 95.1 Å². The molecule has 1 aromatic rings. The van der Waals surface area contributed by atoms with Gasteiger partial charge in [0.1, 0.15) is 18.9 Å². The van der Waals surface area contributed by atoms with Crippen molar-refractivity contribution in [3.05, 3.63) is 24.3 Å². The molecule has 3 N–H and O–H groups in total. The third-order valence-electron chi connectivity index (χ3n) is 3.99. The second kappa shape index (κ2) is 11.1. The van der Waals surface area contributed by atoms with Crippen LogP contribution in [-0.4, -0.2) is 62.0 Å². The van der Waals surface area contributed by atoms with Crippen molar-refractivity contribution in [2.75, 3.05) is 44.6 Å². The van der Waals surface area contributed by atoms with Crippen LogP contribution in [0.5, 0.6) is 5.75 Å². The molecule has 2 amide bonds. The number of rotatable bonds is 8. The summed E-state index contributed by atoms with van der Waals surface area (Å²) >= 11 is 0. The van der Waals surface area contributed by atoms with Gasteiger partial charge in [0, 0.05) is 38.3 Å². The number of anilines is 1. The predicted molar refractivity (Wildman–Crippen MR) is 106 cm³/mol. The normalized spacial score (nSPS) is 14.0. The van der Waals surface area contributed by atoms with Crippen molar-refractivity contribution in [1.82, 2.24) is 15.5 Å². The summed E-state index contributed by atoms with van der Waals surface area (Å²) in [6, 6.07) is 7.23. The number of guanidine groups is 1. The van der Waals surface area contributed by atoms with E-state index >= 15 is 0 Å². The molecular formula is C19H29N5O3. The average Bonchev–Trinajstić information content (AvgIpc) is 3.17. The molecule has 27 heavy (non-hydrogen) atoms. The highest BCUT2D eigenvalue weighted by Crippen LogP contribution is 2.17. The Bertz CT molecular complexity index is 657. The fraction of sp³-hybridized carbons (Fsp3) is 0.526. The van der Waals surface area contributed by atoms with Crippen LogP contribution in [0.3, 0.4) is 0 Å². The number of benzene rings is 1. The van der Waals surface area contributed by atoms with E-state index in [1.165, 1.54) is 6.92 Å². The highest BCUT2D eigenvalue weighted by molar-refractivity contribution is 5.88. The van der Waals surface area contributed by atoms with Gasteiger partial charge in [-0.25, -0.2) is 4.99 Å². The molecule has 0 aliphatic carbocycles. The Morgan fingerprint density at radius 1 is 1.22 bits per heavy atom. The van der Waals surface area contributed by atoms with Crippen molar-refractivity contribution < 1.29 is 14.3 Å². The average molecular weight is 375 g/mol. The van der Waals surface area contributed by atoms with Crippen LogP contribution in [0.4, 0.5) is 5.69 Å². The number of ether oxygens (including phenoxy) is 1. The number of nitrogens with zero attached hydrogens (tertiary/aromatic N) is 2. The summed E-state index contributed by atoms with van der Waals surface area (Å²) in [6.07, 6.45) is 2.16. The highest BCUT2D eigenvalue weighted by Gasteiger charge is 2.17. The van der Waals surface area contributed by atoms with Crippen LogP contribution in [0.25, 0.3) is 0 Å². The van der Waals surface area contributed by atoms with Crippen LogP contribution in [0, 0.1) is 0 Å². The molecule has 0 aromatic heterocycles. The van der Waals surface area contributed by atoms with E-state index in [1.807, 2.05) is 24.0 Å². The van der Waals surface area contributed by atoms with Gasteiger partial charge in [0.2, 0.25) is 11.8 Å². The fourth-order valence-electron chi connectivity index (χ4n) is 2.76. The van der Waals surface area contributed by atoms with Gasteiger partial charge in [0.05, 0.1) is 6.54 Å². The first-order valence-electron chi connectivity index (χ1n) is 9.39. The van der Waals surface area contributed by atoms with Crippen molar-refractivity contribution in [3.8, 4) is 5.75 Å². The maximum Gasteiger partial charge on any atom is 0.244 e. The van der Waals surface area contributed by atoms with Gasteiger partial charge in [-0.3, -0.25) is 9.59 Å². The lowest BCUT2D eigenvalue weighted by molar-refractivity contribution is -0.128. The van der Waals surface area contributed by atoms with Crippen molar-refractivity contribution in [2.24, 2.45) is 4.99 Å². The van der Waals surface area contributed by atoms with Gasteiger partial charge in [-0.05, 0) is 31.9 Å². The van der Waals surface area contributed by atoms with E-state index in [-0.39, 0.29) is 18.4 Å². The summed E-state index contributed by atoms with van der Waals surface area (Å²) in [5, 5.41) is 9.00. The SMILES string of the molecule is CCNC(=NCC(=O)N1CCCC1)NCCOc1cccc(NC(C)=O)c1. The lowest BCUT2D eigenvalue weighted by Crippen LogP contribution is -2.40. The second-order valence-corrected chi connectivity index (χ2v) is 6.27. The number of aliphatic imine (C=N–C) groups is 1. The first-order valence-corrected chi connectivity index (χ1v) is 9.39. The summed E-state index contributed by atoms with van der Waals surface area (Å²) in [5.41, 5.74) is 0.697. The number of nitrogens with one attached hydrogen (secondary N) is 3. The Hall–Kier alpha value is -2.77. The Balaban J connectivity index is 1.76. The van der Waals surface area contributed by atoms with E-state index in [2.05, 4.69) is 20.9 Å². The van der Waals surface area contributed by atoms with Gasteiger partial charge in [0.15, 0.2) is 5.96 Å². The number of likely N-dealkylation sites (tertiary alicyclic amines) is 1. The molecule has 8 nitrogen and oxygen atoms in total. The molecule has 0 spiro atoms. The molecule has 1 heterocycles. The quantitative estimate of drug-likeness (QED) is 0.361. The summed E-state index contributed by atoms with van der Waals surface area (Å²) in [6.45, 7) is 6.94. The second-order valence-electron chi connectivity index (χ2n) is 6.27. The molecule has 0 atom stereocenters. The number of carbonyl (C=O) groups is 2. The molecule has 0 saturated carbocycles. The molecule has 0 unspecified atom stereocenters. The fourth-order valence-corrected chi connectivity index (χ4v) is 2.76. The molecule has 1 fully saturated rings. The molecule has 0 radical (unpaired) electrons. The van der Waals surface area contributed by atoms with Crippen molar-refractivity contribution in [1.29, 1.82) is 0 Å².